The molecule has 5 heteroatoms. The van der Waals surface area contributed by atoms with E-state index in [1.165, 1.54) is 25.3 Å². The number of aromatic hydroxyl groups is 1. The maximum absolute atomic E-state index is 11.2. The minimum atomic E-state index is -1.39. The Labute approximate surface area is 93.2 Å². The third kappa shape index (κ3) is 2.64. The molecule has 1 aromatic rings. The molecule has 88 valence electrons. The monoisotopic (exact) mass is 226 g/mol. The van der Waals surface area contributed by atoms with E-state index in [4.69, 9.17) is 4.74 Å². The molecule has 0 fully saturated rings. The average Bonchev–Trinajstić information content (AvgIpc) is 2.28. The first-order valence-corrected chi connectivity index (χ1v) is 4.81. The Hall–Kier alpha value is -1.75. The van der Waals surface area contributed by atoms with E-state index >= 15 is 0 Å². The zero-order chi connectivity index (χ0) is 12.1. The highest BCUT2D eigenvalue weighted by Crippen LogP contribution is 2.29. The topological polar surface area (TPSA) is 76.0 Å². The lowest BCUT2D eigenvalue weighted by Gasteiger charge is -2.11. The van der Waals surface area contributed by atoms with Crippen LogP contribution in [0.5, 0.6) is 11.5 Å². The summed E-state index contributed by atoms with van der Waals surface area (Å²) in [5.41, 5.74) is 0.261. The van der Waals surface area contributed by atoms with Gasteiger partial charge < -0.3 is 19.7 Å². The summed E-state index contributed by atoms with van der Waals surface area (Å²) in [5, 5.41) is 19.0. The molecule has 0 saturated carbocycles. The fourth-order valence-corrected chi connectivity index (χ4v) is 1.23. The Kier molecular flexibility index (Phi) is 4.13. The summed E-state index contributed by atoms with van der Waals surface area (Å²) >= 11 is 0. The van der Waals surface area contributed by atoms with Gasteiger partial charge >= 0.3 is 5.97 Å². The number of methoxy groups -OCH3 is 1. The van der Waals surface area contributed by atoms with Crippen LogP contribution in [-0.2, 0) is 9.53 Å². The van der Waals surface area contributed by atoms with Crippen molar-refractivity contribution in [2.45, 2.75) is 13.0 Å². The van der Waals surface area contributed by atoms with Gasteiger partial charge in [-0.2, -0.15) is 0 Å². The zero-order valence-corrected chi connectivity index (χ0v) is 9.14. The van der Waals surface area contributed by atoms with Gasteiger partial charge in [-0.15, -0.1) is 0 Å². The highest BCUT2D eigenvalue weighted by molar-refractivity contribution is 5.76. The van der Waals surface area contributed by atoms with Gasteiger partial charge in [-0.05, 0) is 24.6 Å². The van der Waals surface area contributed by atoms with Crippen LogP contribution in [0.3, 0.4) is 0 Å². The van der Waals surface area contributed by atoms with Gasteiger partial charge in [0.15, 0.2) is 17.6 Å². The van der Waals surface area contributed by atoms with Crippen molar-refractivity contribution in [3.63, 3.8) is 0 Å². The van der Waals surface area contributed by atoms with E-state index in [0.717, 1.165) is 0 Å². The lowest BCUT2D eigenvalue weighted by atomic mass is 10.1. The second-order valence-electron chi connectivity index (χ2n) is 3.09. The predicted molar refractivity (Wildman–Crippen MR) is 56.3 cm³/mol. The summed E-state index contributed by atoms with van der Waals surface area (Å²) in [6.45, 7) is 1.84. The second-order valence-corrected chi connectivity index (χ2v) is 3.09. The van der Waals surface area contributed by atoms with Crippen LogP contribution in [0.2, 0.25) is 0 Å². The number of aliphatic hydroxyl groups excluding tert-OH is 1. The standard InChI is InChI=1S/C11H14O5/c1-3-16-11(14)10(13)7-4-5-9(15-2)8(12)6-7/h4-6,10,12-13H,3H2,1-2H3/t10-/m1/s1. The van der Waals surface area contributed by atoms with Crippen LogP contribution in [-0.4, -0.2) is 29.9 Å². The number of carbonyl (C=O) groups is 1. The molecule has 1 rings (SSSR count). The molecule has 0 saturated heterocycles. The molecule has 2 N–H and O–H groups in total. The number of carbonyl (C=O) groups excluding carboxylic acids is 1. The number of rotatable bonds is 4. The SMILES string of the molecule is CCOC(=O)[C@H](O)c1ccc(OC)c(O)c1. The zero-order valence-electron chi connectivity index (χ0n) is 9.14. The molecule has 0 aliphatic rings. The quantitative estimate of drug-likeness (QED) is 0.749. The van der Waals surface area contributed by atoms with Gasteiger partial charge in [0.1, 0.15) is 0 Å². The predicted octanol–water partition coefficient (Wildman–Crippen LogP) is 0.997. The normalized spacial score (nSPS) is 11.9. The van der Waals surface area contributed by atoms with E-state index in [2.05, 4.69) is 4.74 Å². The molecule has 0 aliphatic carbocycles. The van der Waals surface area contributed by atoms with Gasteiger partial charge in [0, 0.05) is 0 Å². The van der Waals surface area contributed by atoms with Crippen molar-refractivity contribution in [2.75, 3.05) is 13.7 Å². The highest BCUT2D eigenvalue weighted by Gasteiger charge is 2.19. The van der Waals surface area contributed by atoms with Crippen LogP contribution in [0, 0.1) is 0 Å². The van der Waals surface area contributed by atoms with E-state index < -0.39 is 12.1 Å². The molecular weight excluding hydrogens is 212 g/mol. The van der Waals surface area contributed by atoms with Crippen molar-refractivity contribution in [1.29, 1.82) is 0 Å². The van der Waals surface area contributed by atoms with Crippen LogP contribution in [0.1, 0.15) is 18.6 Å². The van der Waals surface area contributed by atoms with E-state index in [9.17, 15) is 15.0 Å². The van der Waals surface area contributed by atoms with Gasteiger partial charge in [-0.25, -0.2) is 4.79 Å². The number of benzene rings is 1. The molecule has 0 aliphatic heterocycles. The average molecular weight is 226 g/mol. The summed E-state index contributed by atoms with van der Waals surface area (Å²) < 4.78 is 9.49. The molecular formula is C11H14O5. The number of hydrogen-bond donors (Lipinski definition) is 2. The van der Waals surface area contributed by atoms with Crippen LogP contribution in [0.25, 0.3) is 0 Å². The second kappa shape index (κ2) is 5.37. The Morgan fingerprint density at radius 1 is 1.50 bits per heavy atom. The minimum Gasteiger partial charge on any atom is -0.504 e. The first-order valence-electron chi connectivity index (χ1n) is 4.81. The Balaban J connectivity index is 2.88. The Morgan fingerprint density at radius 3 is 2.69 bits per heavy atom. The number of ether oxygens (including phenoxy) is 2. The van der Waals surface area contributed by atoms with Gasteiger partial charge in [0.2, 0.25) is 0 Å². The lowest BCUT2D eigenvalue weighted by Crippen LogP contribution is -2.15. The van der Waals surface area contributed by atoms with Crippen LogP contribution in [0.4, 0.5) is 0 Å². The third-order valence-corrected chi connectivity index (χ3v) is 2.03. The molecule has 1 atom stereocenters. The maximum Gasteiger partial charge on any atom is 0.339 e. The maximum atomic E-state index is 11.2. The molecule has 1 aromatic carbocycles. The number of phenols is 1. The molecule has 0 aromatic heterocycles. The van der Waals surface area contributed by atoms with E-state index in [-0.39, 0.29) is 23.7 Å². The molecule has 0 heterocycles. The van der Waals surface area contributed by atoms with Gasteiger partial charge in [0.05, 0.1) is 13.7 Å². The molecule has 16 heavy (non-hydrogen) atoms. The van der Waals surface area contributed by atoms with Crippen molar-refractivity contribution in [3.05, 3.63) is 23.8 Å². The first-order chi connectivity index (χ1) is 7.60. The summed E-state index contributed by atoms with van der Waals surface area (Å²) in [5.74, 6) is -0.602. The Morgan fingerprint density at radius 2 is 2.19 bits per heavy atom. The van der Waals surface area contributed by atoms with E-state index in [1.807, 2.05) is 0 Å². The van der Waals surface area contributed by atoms with Crippen LogP contribution >= 0.6 is 0 Å². The molecule has 0 spiro atoms. The summed E-state index contributed by atoms with van der Waals surface area (Å²) in [4.78, 5) is 11.2. The van der Waals surface area contributed by atoms with E-state index in [0.29, 0.717) is 0 Å². The fourth-order valence-electron chi connectivity index (χ4n) is 1.23. The summed E-state index contributed by atoms with van der Waals surface area (Å²) in [6.07, 6.45) is -1.39. The van der Waals surface area contributed by atoms with Gasteiger partial charge in [-0.3, -0.25) is 0 Å². The Bertz CT molecular complexity index is 375. The number of hydrogen-bond acceptors (Lipinski definition) is 5. The molecule has 0 unspecified atom stereocenters. The van der Waals surface area contributed by atoms with Crippen LogP contribution in [0.15, 0.2) is 18.2 Å². The largest absolute Gasteiger partial charge is 0.504 e. The summed E-state index contributed by atoms with van der Waals surface area (Å²) in [6, 6.07) is 4.22. The number of esters is 1. The van der Waals surface area contributed by atoms with Crippen molar-refractivity contribution < 1.29 is 24.5 Å². The fraction of sp³-hybridized carbons (Fsp3) is 0.364. The van der Waals surface area contributed by atoms with Gasteiger partial charge in [-0.1, -0.05) is 6.07 Å². The van der Waals surface area contributed by atoms with Crippen molar-refractivity contribution in [2.24, 2.45) is 0 Å². The van der Waals surface area contributed by atoms with Gasteiger partial charge in [0.25, 0.3) is 0 Å². The lowest BCUT2D eigenvalue weighted by molar-refractivity contribution is -0.153. The first kappa shape index (κ1) is 12.3. The summed E-state index contributed by atoms with van der Waals surface area (Å²) in [7, 11) is 1.41. The smallest absolute Gasteiger partial charge is 0.339 e. The molecule has 0 bridgehead atoms. The molecule has 5 nitrogen and oxygen atoms in total. The molecule has 0 radical (unpaired) electrons. The third-order valence-electron chi connectivity index (χ3n) is 2.03. The molecule has 0 amide bonds. The van der Waals surface area contributed by atoms with Crippen molar-refractivity contribution >= 4 is 5.97 Å². The van der Waals surface area contributed by atoms with Crippen LogP contribution < -0.4 is 4.74 Å². The number of aliphatic hydroxyl groups is 1. The number of phenolic OH excluding ortho intramolecular Hbond substituents is 1. The minimum absolute atomic E-state index is 0.136. The van der Waals surface area contributed by atoms with Crippen molar-refractivity contribution in [3.8, 4) is 11.5 Å². The van der Waals surface area contributed by atoms with E-state index in [1.54, 1.807) is 6.92 Å². The van der Waals surface area contributed by atoms with Crippen molar-refractivity contribution in [1.82, 2.24) is 0 Å². The highest BCUT2D eigenvalue weighted by atomic mass is 16.5.